The summed E-state index contributed by atoms with van der Waals surface area (Å²) < 4.78 is 5.36. The number of hydrogen-bond acceptors (Lipinski definition) is 3. The van der Waals surface area contributed by atoms with E-state index in [-0.39, 0.29) is 0 Å². The molecule has 0 bridgehead atoms. The van der Waals surface area contributed by atoms with Crippen LogP contribution in [0.5, 0.6) is 0 Å². The first-order chi connectivity index (χ1) is 13.3. The molecule has 0 unspecified atom stereocenters. The van der Waals surface area contributed by atoms with Crippen molar-refractivity contribution in [3.63, 3.8) is 0 Å². The van der Waals surface area contributed by atoms with Crippen molar-refractivity contribution in [2.45, 2.75) is 13.0 Å². The van der Waals surface area contributed by atoms with Crippen molar-refractivity contribution in [3.8, 4) is 11.3 Å². The summed E-state index contributed by atoms with van der Waals surface area (Å²) in [5.74, 6) is 2.62. The van der Waals surface area contributed by atoms with E-state index in [0.717, 1.165) is 35.2 Å². The lowest BCUT2D eigenvalue weighted by atomic mass is 10.2. The van der Waals surface area contributed by atoms with Crippen molar-refractivity contribution < 1.29 is 4.42 Å². The summed E-state index contributed by atoms with van der Waals surface area (Å²) >= 11 is 0. The number of hydrogen-bond donors (Lipinski definition) is 2. The quantitative estimate of drug-likeness (QED) is 0.365. The molecule has 0 aliphatic rings. The Morgan fingerprint density at radius 2 is 2.15 bits per heavy atom. The van der Waals surface area contributed by atoms with Crippen LogP contribution in [0.4, 0.5) is 0 Å². The molecule has 0 saturated carbocycles. The summed E-state index contributed by atoms with van der Waals surface area (Å²) in [6.07, 6.45) is 6.13. The van der Waals surface area contributed by atoms with E-state index in [1.54, 1.807) is 6.26 Å². The molecule has 6 heteroatoms. The number of aromatic amines is 1. The first kappa shape index (κ1) is 18.5. The molecule has 1 aromatic carbocycles. The fraction of sp³-hybridized carbons (Fsp3) is 0.238. The van der Waals surface area contributed by atoms with Crippen molar-refractivity contribution >= 4 is 5.96 Å². The molecule has 27 heavy (non-hydrogen) atoms. The lowest BCUT2D eigenvalue weighted by Gasteiger charge is -2.21. The van der Waals surface area contributed by atoms with Gasteiger partial charge in [-0.3, -0.25) is 4.99 Å². The maximum atomic E-state index is 5.36. The number of furan rings is 1. The van der Waals surface area contributed by atoms with Gasteiger partial charge in [0, 0.05) is 26.6 Å². The first-order valence-corrected chi connectivity index (χ1v) is 8.98. The van der Waals surface area contributed by atoms with Gasteiger partial charge in [0.05, 0.1) is 24.7 Å². The maximum Gasteiger partial charge on any atom is 0.194 e. The molecule has 0 spiro atoms. The Hall–Kier alpha value is -3.28. The number of aliphatic imine (C=N–C) groups is 1. The Labute approximate surface area is 159 Å². The molecule has 0 aliphatic heterocycles. The molecule has 0 fully saturated rings. The molecule has 3 aromatic rings. The normalized spacial score (nSPS) is 11.4. The van der Waals surface area contributed by atoms with Gasteiger partial charge in [-0.1, -0.05) is 36.4 Å². The third-order valence-electron chi connectivity index (χ3n) is 4.07. The lowest BCUT2D eigenvalue weighted by molar-refractivity contribution is 0.463. The second-order valence-electron chi connectivity index (χ2n) is 6.17. The summed E-state index contributed by atoms with van der Waals surface area (Å²) in [4.78, 5) is 14.6. The van der Waals surface area contributed by atoms with Crippen molar-refractivity contribution in [2.75, 3.05) is 20.1 Å². The molecule has 0 atom stereocenters. The zero-order valence-corrected chi connectivity index (χ0v) is 15.6. The number of rotatable bonds is 8. The minimum atomic E-state index is 0.622. The average molecular weight is 363 g/mol. The van der Waals surface area contributed by atoms with Gasteiger partial charge in [-0.05, 0) is 17.7 Å². The average Bonchev–Trinajstić information content (AvgIpc) is 3.37. The van der Waals surface area contributed by atoms with Crippen molar-refractivity contribution in [1.82, 2.24) is 20.2 Å². The third-order valence-corrected chi connectivity index (χ3v) is 4.07. The van der Waals surface area contributed by atoms with Crippen molar-refractivity contribution in [1.29, 1.82) is 0 Å². The molecule has 0 radical (unpaired) electrons. The van der Waals surface area contributed by atoms with E-state index < -0.39 is 0 Å². The standard InChI is InChI=1S/C21H25N5O/c1-3-12-22-21(23-13-11-18-10-7-14-27-18)26(2)16-20-24-15-19(25-20)17-8-5-4-6-9-17/h3-10,14-15H,1,11-13,16H2,2H3,(H,22,23)(H,24,25). The van der Waals surface area contributed by atoms with Crippen LogP contribution in [0.3, 0.4) is 0 Å². The van der Waals surface area contributed by atoms with Gasteiger partial charge in [-0.25, -0.2) is 4.98 Å². The van der Waals surface area contributed by atoms with E-state index in [0.29, 0.717) is 19.6 Å². The van der Waals surface area contributed by atoms with Gasteiger partial charge in [0.25, 0.3) is 0 Å². The molecule has 3 rings (SSSR count). The Kier molecular flexibility index (Phi) is 6.46. The lowest BCUT2D eigenvalue weighted by Crippen LogP contribution is -2.39. The first-order valence-electron chi connectivity index (χ1n) is 8.98. The van der Waals surface area contributed by atoms with Crippen LogP contribution in [0.15, 0.2) is 77.0 Å². The number of guanidine groups is 1. The molecule has 6 nitrogen and oxygen atoms in total. The summed E-state index contributed by atoms with van der Waals surface area (Å²) in [5.41, 5.74) is 2.13. The van der Waals surface area contributed by atoms with Gasteiger partial charge in [-0.15, -0.1) is 6.58 Å². The minimum absolute atomic E-state index is 0.622. The summed E-state index contributed by atoms with van der Waals surface area (Å²) in [7, 11) is 1.99. The highest BCUT2D eigenvalue weighted by Gasteiger charge is 2.10. The SMILES string of the molecule is C=CCNC(=NCCc1ccco1)N(C)Cc1ncc(-c2ccccc2)[nH]1. The molecular weight excluding hydrogens is 338 g/mol. The number of H-pyrrole nitrogens is 1. The van der Waals surface area contributed by atoms with Crippen molar-refractivity contribution in [2.24, 2.45) is 4.99 Å². The molecule has 0 amide bonds. The van der Waals surface area contributed by atoms with E-state index >= 15 is 0 Å². The fourth-order valence-electron chi connectivity index (χ4n) is 2.71. The maximum absolute atomic E-state index is 5.36. The van der Waals surface area contributed by atoms with E-state index in [2.05, 4.69) is 39.0 Å². The van der Waals surface area contributed by atoms with Crippen molar-refractivity contribution in [3.05, 3.63) is 79.2 Å². The monoisotopic (exact) mass is 363 g/mol. The van der Waals surface area contributed by atoms with Gasteiger partial charge < -0.3 is 19.6 Å². The Morgan fingerprint density at radius 1 is 1.30 bits per heavy atom. The van der Waals surface area contributed by atoms with Crippen LogP contribution in [0, 0.1) is 0 Å². The molecule has 0 aliphatic carbocycles. The molecule has 2 heterocycles. The number of benzene rings is 1. The van der Waals surface area contributed by atoms with E-state index in [9.17, 15) is 0 Å². The summed E-state index contributed by atoms with van der Waals surface area (Å²) in [6, 6.07) is 14.0. The second kappa shape index (κ2) is 9.43. The zero-order chi connectivity index (χ0) is 18.9. The van der Waals surface area contributed by atoms with Crippen LogP contribution in [0.25, 0.3) is 11.3 Å². The van der Waals surface area contributed by atoms with E-state index in [4.69, 9.17) is 4.42 Å². The third kappa shape index (κ3) is 5.34. The van der Waals surface area contributed by atoms with Crippen LogP contribution in [-0.4, -0.2) is 41.0 Å². The van der Waals surface area contributed by atoms with E-state index in [1.807, 2.05) is 54.6 Å². The molecule has 2 N–H and O–H groups in total. The highest BCUT2D eigenvalue weighted by Crippen LogP contribution is 2.16. The van der Waals surface area contributed by atoms with Crippen LogP contribution in [-0.2, 0) is 13.0 Å². The molecule has 0 saturated heterocycles. The molecular formula is C21H25N5O. The number of aromatic nitrogens is 2. The summed E-state index contributed by atoms with van der Waals surface area (Å²) in [5, 5.41) is 3.29. The highest BCUT2D eigenvalue weighted by atomic mass is 16.3. The van der Waals surface area contributed by atoms with E-state index in [1.165, 1.54) is 0 Å². The largest absolute Gasteiger partial charge is 0.469 e. The smallest absolute Gasteiger partial charge is 0.194 e. The van der Waals surface area contributed by atoms with Crippen LogP contribution < -0.4 is 5.32 Å². The van der Waals surface area contributed by atoms with Gasteiger partial charge in [0.15, 0.2) is 5.96 Å². The van der Waals surface area contributed by atoms with Gasteiger partial charge in [0.2, 0.25) is 0 Å². The number of nitrogens with one attached hydrogen (secondary N) is 2. The van der Waals surface area contributed by atoms with Crippen LogP contribution in [0.2, 0.25) is 0 Å². The van der Waals surface area contributed by atoms with Crippen LogP contribution >= 0.6 is 0 Å². The summed E-state index contributed by atoms with van der Waals surface area (Å²) in [6.45, 7) is 5.68. The number of nitrogens with zero attached hydrogens (tertiary/aromatic N) is 3. The Morgan fingerprint density at radius 3 is 2.89 bits per heavy atom. The Bertz CT molecular complexity index is 852. The predicted molar refractivity (Wildman–Crippen MR) is 108 cm³/mol. The second-order valence-corrected chi connectivity index (χ2v) is 6.17. The molecule has 2 aromatic heterocycles. The van der Waals surface area contributed by atoms with Gasteiger partial charge >= 0.3 is 0 Å². The highest BCUT2D eigenvalue weighted by molar-refractivity contribution is 5.79. The minimum Gasteiger partial charge on any atom is -0.469 e. The Balaban J connectivity index is 1.63. The van der Waals surface area contributed by atoms with Crippen LogP contribution in [0.1, 0.15) is 11.6 Å². The van der Waals surface area contributed by atoms with Gasteiger partial charge in [-0.2, -0.15) is 0 Å². The van der Waals surface area contributed by atoms with Gasteiger partial charge in [0.1, 0.15) is 11.6 Å². The topological polar surface area (TPSA) is 69.5 Å². The number of imidazole rings is 1. The predicted octanol–water partition coefficient (Wildman–Crippen LogP) is 3.48. The fourth-order valence-corrected chi connectivity index (χ4v) is 2.71. The molecule has 140 valence electrons. The zero-order valence-electron chi connectivity index (χ0n) is 15.6.